The van der Waals surface area contributed by atoms with E-state index >= 15 is 0 Å². The third-order valence-electron chi connectivity index (χ3n) is 3.72. The molecule has 0 bridgehead atoms. The van der Waals surface area contributed by atoms with Crippen molar-refractivity contribution in [2.24, 2.45) is 5.73 Å². The number of carbonyl (C=O) groups is 2. The van der Waals surface area contributed by atoms with Crippen molar-refractivity contribution in [2.45, 2.75) is 13.5 Å². The van der Waals surface area contributed by atoms with Crippen LogP contribution in [0.5, 0.6) is 0 Å². The van der Waals surface area contributed by atoms with Crippen molar-refractivity contribution in [3.8, 4) is 0 Å². The van der Waals surface area contributed by atoms with E-state index in [1.54, 1.807) is 10.6 Å². The highest BCUT2D eigenvalue weighted by molar-refractivity contribution is 7.80. The van der Waals surface area contributed by atoms with E-state index in [1.807, 2.05) is 37.4 Å². The Morgan fingerprint density at radius 3 is 2.78 bits per heavy atom. The Hall–Kier alpha value is -2.67. The third-order valence-corrected chi connectivity index (χ3v) is 4.05. The third kappa shape index (κ3) is 2.70. The number of thiocarbonyl (C=S) groups is 1. The largest absolute Gasteiger partial charge is 0.368 e. The molecule has 1 aromatic carbocycles. The number of aromatic nitrogens is 1. The normalized spacial score (nSPS) is 16.4. The number of fused-ring (bicyclic) bond motifs is 1. The van der Waals surface area contributed by atoms with Gasteiger partial charge >= 0.3 is 0 Å². The predicted molar refractivity (Wildman–Crippen MR) is 92.2 cm³/mol. The van der Waals surface area contributed by atoms with Crippen molar-refractivity contribution in [1.29, 1.82) is 0 Å². The summed E-state index contributed by atoms with van der Waals surface area (Å²) in [6.07, 6.45) is 3.57. The Balaban J connectivity index is 2.07. The first-order valence-corrected chi connectivity index (χ1v) is 7.62. The molecule has 1 fully saturated rings. The van der Waals surface area contributed by atoms with E-state index in [4.69, 9.17) is 18.0 Å². The molecular formula is C16H16N4O2S. The van der Waals surface area contributed by atoms with Gasteiger partial charge in [0, 0.05) is 29.2 Å². The van der Waals surface area contributed by atoms with Crippen LogP contribution in [0.1, 0.15) is 12.5 Å². The van der Waals surface area contributed by atoms with Gasteiger partial charge < -0.3 is 15.6 Å². The molecule has 3 rings (SSSR count). The molecule has 0 atom stereocenters. The summed E-state index contributed by atoms with van der Waals surface area (Å²) in [6, 6.07) is 7.65. The second-order valence-electron chi connectivity index (χ2n) is 5.23. The highest BCUT2D eigenvalue weighted by Gasteiger charge is 2.29. The molecule has 3 N–H and O–H groups in total. The minimum Gasteiger partial charge on any atom is -0.368 e. The highest BCUT2D eigenvalue weighted by Crippen LogP contribution is 2.24. The lowest BCUT2D eigenvalue weighted by atomic mass is 10.1. The number of benzene rings is 1. The molecule has 2 amide bonds. The van der Waals surface area contributed by atoms with Crippen LogP contribution < -0.4 is 11.1 Å². The van der Waals surface area contributed by atoms with Crippen molar-refractivity contribution >= 4 is 46.1 Å². The molecule has 0 spiro atoms. The van der Waals surface area contributed by atoms with Crippen LogP contribution in [0.25, 0.3) is 17.0 Å². The lowest BCUT2D eigenvalue weighted by Gasteiger charge is -2.08. The molecule has 1 aromatic heterocycles. The summed E-state index contributed by atoms with van der Waals surface area (Å²) in [6.45, 7) is 2.48. The number of hydrogen-bond donors (Lipinski definition) is 2. The molecule has 23 heavy (non-hydrogen) atoms. The van der Waals surface area contributed by atoms with Crippen LogP contribution in [0.15, 0.2) is 36.2 Å². The summed E-state index contributed by atoms with van der Waals surface area (Å²) in [5.74, 6) is -0.567. The summed E-state index contributed by atoms with van der Waals surface area (Å²) in [5.41, 5.74) is 7.45. The van der Waals surface area contributed by atoms with Crippen molar-refractivity contribution in [1.82, 2.24) is 14.8 Å². The topological polar surface area (TPSA) is 80.4 Å². The van der Waals surface area contributed by atoms with E-state index < -0.39 is 5.91 Å². The zero-order valence-electron chi connectivity index (χ0n) is 12.6. The van der Waals surface area contributed by atoms with Gasteiger partial charge in [0.2, 0.25) is 5.91 Å². The zero-order valence-corrected chi connectivity index (χ0v) is 13.4. The van der Waals surface area contributed by atoms with E-state index in [2.05, 4.69) is 5.32 Å². The molecule has 0 saturated carbocycles. The molecule has 0 unspecified atom stereocenters. The Morgan fingerprint density at radius 1 is 1.39 bits per heavy atom. The van der Waals surface area contributed by atoms with Crippen LogP contribution in [0.3, 0.4) is 0 Å². The summed E-state index contributed by atoms with van der Waals surface area (Å²) in [4.78, 5) is 25.0. The zero-order chi connectivity index (χ0) is 16.6. The number of likely N-dealkylation sites (N-methyl/N-ethyl adjacent to an activating group) is 1. The quantitative estimate of drug-likeness (QED) is 0.653. The maximum atomic E-state index is 12.3. The predicted octanol–water partition coefficient (Wildman–Crippen LogP) is 1.20. The minimum atomic E-state index is -0.418. The summed E-state index contributed by atoms with van der Waals surface area (Å²) < 4.78 is 1.78. The Kier molecular flexibility index (Phi) is 3.87. The molecule has 1 aliphatic rings. The first-order chi connectivity index (χ1) is 11.0. The summed E-state index contributed by atoms with van der Waals surface area (Å²) in [7, 11) is 0. The molecule has 7 heteroatoms. The summed E-state index contributed by atoms with van der Waals surface area (Å²) >= 11 is 5.15. The van der Waals surface area contributed by atoms with Gasteiger partial charge in [0.25, 0.3) is 5.91 Å². The SMILES string of the molecule is CCN1C(=O)/C(=C/c2cn(CC(N)=O)c3ccccc23)NC1=S. The first-order valence-electron chi connectivity index (χ1n) is 7.22. The maximum Gasteiger partial charge on any atom is 0.276 e. The van der Waals surface area contributed by atoms with Gasteiger partial charge in [-0.3, -0.25) is 14.5 Å². The number of nitrogens with zero attached hydrogens (tertiary/aromatic N) is 2. The number of nitrogens with one attached hydrogen (secondary N) is 1. The van der Waals surface area contributed by atoms with Gasteiger partial charge in [0.1, 0.15) is 12.2 Å². The fraction of sp³-hybridized carbons (Fsp3) is 0.188. The maximum absolute atomic E-state index is 12.3. The van der Waals surface area contributed by atoms with E-state index in [-0.39, 0.29) is 12.5 Å². The lowest BCUT2D eigenvalue weighted by Crippen LogP contribution is -2.30. The Bertz CT molecular complexity index is 853. The van der Waals surface area contributed by atoms with E-state index in [1.165, 1.54) is 4.90 Å². The highest BCUT2D eigenvalue weighted by atomic mass is 32.1. The van der Waals surface area contributed by atoms with Gasteiger partial charge in [-0.1, -0.05) is 18.2 Å². The van der Waals surface area contributed by atoms with Crippen LogP contribution in [0.2, 0.25) is 0 Å². The van der Waals surface area contributed by atoms with Gasteiger partial charge in [-0.2, -0.15) is 0 Å². The molecular weight excluding hydrogens is 312 g/mol. The second-order valence-corrected chi connectivity index (χ2v) is 5.62. The van der Waals surface area contributed by atoms with Crippen molar-refractivity contribution < 1.29 is 9.59 Å². The van der Waals surface area contributed by atoms with Crippen LogP contribution in [0, 0.1) is 0 Å². The molecule has 1 saturated heterocycles. The van der Waals surface area contributed by atoms with Crippen molar-refractivity contribution in [3.63, 3.8) is 0 Å². The van der Waals surface area contributed by atoms with Crippen molar-refractivity contribution in [2.75, 3.05) is 6.54 Å². The molecule has 1 aliphatic heterocycles. The second kappa shape index (κ2) is 5.85. The van der Waals surface area contributed by atoms with Crippen LogP contribution >= 0.6 is 12.2 Å². The van der Waals surface area contributed by atoms with Gasteiger partial charge in [0.05, 0.1) is 0 Å². The average Bonchev–Trinajstić information content (AvgIpc) is 2.98. The van der Waals surface area contributed by atoms with Gasteiger partial charge in [0.15, 0.2) is 5.11 Å². The Labute approximate surface area is 138 Å². The average molecular weight is 328 g/mol. The Morgan fingerprint density at radius 2 is 2.13 bits per heavy atom. The number of rotatable bonds is 4. The van der Waals surface area contributed by atoms with E-state index in [0.29, 0.717) is 17.4 Å². The molecule has 2 aromatic rings. The van der Waals surface area contributed by atoms with Crippen LogP contribution in [0.4, 0.5) is 0 Å². The fourth-order valence-corrected chi connectivity index (χ4v) is 3.03. The number of carbonyl (C=O) groups excluding carboxylic acids is 2. The fourth-order valence-electron chi connectivity index (χ4n) is 2.70. The number of primary amides is 1. The van der Waals surface area contributed by atoms with Crippen LogP contribution in [-0.2, 0) is 16.1 Å². The number of para-hydroxylation sites is 1. The van der Waals surface area contributed by atoms with E-state index in [9.17, 15) is 9.59 Å². The number of amides is 2. The van der Waals surface area contributed by atoms with Gasteiger partial charge in [-0.15, -0.1) is 0 Å². The van der Waals surface area contributed by atoms with Crippen molar-refractivity contribution in [3.05, 3.63) is 41.7 Å². The van der Waals surface area contributed by atoms with Gasteiger partial charge in [-0.25, -0.2) is 0 Å². The monoisotopic (exact) mass is 328 g/mol. The molecule has 0 aliphatic carbocycles. The van der Waals surface area contributed by atoms with E-state index in [0.717, 1.165) is 16.5 Å². The van der Waals surface area contributed by atoms with Crippen LogP contribution in [-0.4, -0.2) is 32.9 Å². The standard InChI is InChI=1S/C16H16N4O2S/c1-2-20-15(22)12(18-16(20)23)7-10-8-19(9-14(17)21)13-6-4-3-5-11(10)13/h3-8H,2,9H2,1H3,(H2,17,21)(H,18,23)/b12-7-. The summed E-state index contributed by atoms with van der Waals surface area (Å²) in [5, 5.41) is 4.28. The molecule has 6 nitrogen and oxygen atoms in total. The smallest absolute Gasteiger partial charge is 0.276 e. The van der Waals surface area contributed by atoms with Gasteiger partial charge in [-0.05, 0) is 31.3 Å². The molecule has 2 heterocycles. The molecule has 118 valence electrons. The lowest BCUT2D eigenvalue weighted by molar-refractivity contribution is -0.122. The minimum absolute atomic E-state index is 0.0879. The first kappa shape index (κ1) is 15.2. The number of hydrogen-bond acceptors (Lipinski definition) is 3. The molecule has 0 radical (unpaired) electrons. The number of nitrogens with two attached hydrogens (primary N) is 1.